The van der Waals surface area contributed by atoms with Gasteiger partial charge >= 0.3 is 0 Å². The Hall–Kier alpha value is -1.58. The minimum Gasteiger partial charge on any atom is -0.506 e. The molecule has 2 N–H and O–H groups in total. The third-order valence-corrected chi connectivity index (χ3v) is 2.98. The van der Waals surface area contributed by atoms with Crippen LogP contribution in [0.1, 0.15) is 32.1 Å². The van der Waals surface area contributed by atoms with E-state index in [9.17, 15) is 4.79 Å². The number of aromatic nitrogens is 1. The van der Waals surface area contributed by atoms with Crippen LogP contribution >= 0.6 is 0 Å². The lowest BCUT2D eigenvalue weighted by molar-refractivity contribution is -0.120. The Labute approximate surface area is 94.7 Å². The number of hydrogen-bond acceptors (Lipinski definition) is 3. The highest BCUT2D eigenvalue weighted by atomic mass is 16.3. The maximum atomic E-state index is 11.8. The Kier molecular flexibility index (Phi) is 3.39. The lowest BCUT2D eigenvalue weighted by Crippen LogP contribution is -2.25. The Morgan fingerprint density at radius 1 is 1.31 bits per heavy atom. The van der Waals surface area contributed by atoms with Crippen LogP contribution in [0.25, 0.3) is 0 Å². The maximum absolute atomic E-state index is 11.8. The molecule has 1 fully saturated rings. The number of carbonyl (C=O) groups is 1. The van der Waals surface area contributed by atoms with Gasteiger partial charge in [-0.15, -0.1) is 0 Å². The van der Waals surface area contributed by atoms with Crippen molar-refractivity contribution in [3.05, 3.63) is 18.3 Å². The minimum absolute atomic E-state index is 0.0536. The molecule has 0 aromatic carbocycles. The van der Waals surface area contributed by atoms with Crippen LogP contribution in [0.3, 0.4) is 0 Å². The summed E-state index contributed by atoms with van der Waals surface area (Å²) in [4.78, 5) is 15.8. The molecule has 1 saturated carbocycles. The predicted molar refractivity (Wildman–Crippen MR) is 61.1 cm³/mol. The summed E-state index contributed by atoms with van der Waals surface area (Å²) in [5.41, 5.74) is 0. The van der Waals surface area contributed by atoms with Gasteiger partial charge in [0.1, 0.15) is 11.6 Å². The Bertz CT molecular complexity index is 356. The predicted octanol–water partition coefficient (Wildman–Crippen LogP) is 2.31. The summed E-state index contributed by atoms with van der Waals surface area (Å²) in [6.45, 7) is 0. The van der Waals surface area contributed by atoms with E-state index in [4.69, 9.17) is 5.11 Å². The molecule has 1 aromatic heterocycles. The SMILES string of the molecule is O=C(Nc1ccc(O)cn1)C1CCCCC1. The molecule has 4 nitrogen and oxygen atoms in total. The molecule has 1 aliphatic rings. The fraction of sp³-hybridized carbons (Fsp3) is 0.500. The second kappa shape index (κ2) is 4.96. The summed E-state index contributed by atoms with van der Waals surface area (Å²) in [5.74, 6) is 0.797. The van der Waals surface area contributed by atoms with Gasteiger partial charge in [-0.05, 0) is 25.0 Å². The van der Waals surface area contributed by atoms with Crippen LogP contribution in [0.15, 0.2) is 18.3 Å². The summed E-state index contributed by atoms with van der Waals surface area (Å²) >= 11 is 0. The first-order valence-electron chi connectivity index (χ1n) is 5.71. The third kappa shape index (κ3) is 2.72. The molecule has 2 rings (SSSR count). The number of nitrogens with zero attached hydrogens (tertiary/aromatic N) is 1. The smallest absolute Gasteiger partial charge is 0.228 e. The van der Waals surface area contributed by atoms with Gasteiger partial charge in [0.05, 0.1) is 6.20 Å². The van der Waals surface area contributed by atoms with Crippen molar-refractivity contribution >= 4 is 11.7 Å². The van der Waals surface area contributed by atoms with Crippen molar-refractivity contribution in [3.63, 3.8) is 0 Å². The van der Waals surface area contributed by atoms with Crippen molar-refractivity contribution in [1.29, 1.82) is 0 Å². The molecule has 16 heavy (non-hydrogen) atoms. The molecule has 1 heterocycles. The van der Waals surface area contributed by atoms with Crippen LogP contribution < -0.4 is 5.32 Å². The fourth-order valence-electron chi connectivity index (χ4n) is 2.05. The molecule has 0 atom stereocenters. The lowest BCUT2D eigenvalue weighted by Gasteiger charge is -2.20. The van der Waals surface area contributed by atoms with Crippen LogP contribution in [-0.4, -0.2) is 16.0 Å². The number of pyridine rings is 1. The number of hydrogen-bond donors (Lipinski definition) is 2. The van der Waals surface area contributed by atoms with Gasteiger partial charge in [0.2, 0.25) is 5.91 Å². The molecule has 0 spiro atoms. The molecule has 0 radical (unpaired) electrons. The van der Waals surface area contributed by atoms with E-state index < -0.39 is 0 Å². The average molecular weight is 220 g/mol. The van der Waals surface area contributed by atoms with Crippen LogP contribution in [-0.2, 0) is 4.79 Å². The fourth-order valence-corrected chi connectivity index (χ4v) is 2.05. The van der Waals surface area contributed by atoms with Gasteiger partial charge in [-0.2, -0.15) is 0 Å². The van der Waals surface area contributed by atoms with Crippen LogP contribution in [0, 0.1) is 5.92 Å². The van der Waals surface area contributed by atoms with Crippen molar-refractivity contribution in [2.24, 2.45) is 5.92 Å². The Balaban J connectivity index is 1.93. The largest absolute Gasteiger partial charge is 0.506 e. The molecule has 86 valence electrons. The van der Waals surface area contributed by atoms with Gasteiger partial charge in [-0.3, -0.25) is 4.79 Å². The van der Waals surface area contributed by atoms with E-state index in [0.717, 1.165) is 25.7 Å². The zero-order chi connectivity index (χ0) is 11.4. The Morgan fingerprint density at radius 2 is 2.06 bits per heavy atom. The van der Waals surface area contributed by atoms with E-state index in [1.54, 1.807) is 6.07 Å². The summed E-state index contributed by atoms with van der Waals surface area (Å²) < 4.78 is 0. The third-order valence-electron chi connectivity index (χ3n) is 2.98. The number of aromatic hydroxyl groups is 1. The van der Waals surface area contributed by atoms with Crippen molar-refractivity contribution in [3.8, 4) is 5.75 Å². The highest BCUT2D eigenvalue weighted by Crippen LogP contribution is 2.24. The van der Waals surface area contributed by atoms with Crippen molar-refractivity contribution < 1.29 is 9.90 Å². The molecule has 4 heteroatoms. The molecular weight excluding hydrogens is 204 g/mol. The quantitative estimate of drug-likeness (QED) is 0.803. The summed E-state index contributed by atoms with van der Waals surface area (Å²) in [6.07, 6.45) is 6.80. The summed E-state index contributed by atoms with van der Waals surface area (Å²) in [7, 11) is 0. The molecule has 0 unspecified atom stereocenters. The number of rotatable bonds is 2. The molecule has 0 bridgehead atoms. The van der Waals surface area contributed by atoms with E-state index >= 15 is 0 Å². The molecule has 0 aliphatic heterocycles. The minimum atomic E-state index is 0.0536. The van der Waals surface area contributed by atoms with E-state index in [0.29, 0.717) is 5.82 Å². The normalized spacial score (nSPS) is 17.0. The number of anilines is 1. The Morgan fingerprint density at radius 3 is 2.69 bits per heavy atom. The number of amides is 1. The molecule has 0 saturated heterocycles. The van der Waals surface area contributed by atoms with Gasteiger partial charge in [-0.1, -0.05) is 19.3 Å². The summed E-state index contributed by atoms with van der Waals surface area (Å²) in [5, 5.41) is 11.8. The molecule has 1 aliphatic carbocycles. The van der Waals surface area contributed by atoms with Gasteiger partial charge in [0, 0.05) is 5.92 Å². The van der Waals surface area contributed by atoms with Crippen LogP contribution in [0.5, 0.6) is 5.75 Å². The van der Waals surface area contributed by atoms with Crippen LogP contribution in [0.4, 0.5) is 5.82 Å². The first-order chi connectivity index (χ1) is 7.75. The average Bonchev–Trinajstić information content (AvgIpc) is 2.33. The second-order valence-electron chi connectivity index (χ2n) is 4.23. The van der Waals surface area contributed by atoms with Crippen molar-refractivity contribution in [1.82, 2.24) is 4.98 Å². The first-order valence-corrected chi connectivity index (χ1v) is 5.71. The highest BCUT2D eigenvalue weighted by Gasteiger charge is 2.21. The zero-order valence-corrected chi connectivity index (χ0v) is 9.15. The highest BCUT2D eigenvalue weighted by molar-refractivity contribution is 5.91. The summed E-state index contributed by atoms with van der Waals surface area (Å²) in [6, 6.07) is 3.12. The number of carbonyl (C=O) groups excluding carboxylic acids is 1. The van der Waals surface area contributed by atoms with Gasteiger partial charge in [0.15, 0.2) is 0 Å². The van der Waals surface area contributed by atoms with E-state index in [1.165, 1.54) is 18.7 Å². The van der Waals surface area contributed by atoms with Gasteiger partial charge in [-0.25, -0.2) is 4.98 Å². The van der Waals surface area contributed by atoms with Crippen molar-refractivity contribution in [2.75, 3.05) is 5.32 Å². The topological polar surface area (TPSA) is 62.2 Å². The van der Waals surface area contributed by atoms with Gasteiger partial charge in [0.25, 0.3) is 0 Å². The first kappa shape index (κ1) is 10.9. The zero-order valence-electron chi connectivity index (χ0n) is 9.15. The monoisotopic (exact) mass is 220 g/mol. The van der Waals surface area contributed by atoms with Crippen molar-refractivity contribution in [2.45, 2.75) is 32.1 Å². The standard InChI is InChI=1S/C12H16N2O2/c15-10-6-7-11(13-8-10)14-12(16)9-4-2-1-3-5-9/h6-9,15H,1-5H2,(H,13,14,16). The van der Waals surface area contributed by atoms with Crippen LogP contribution in [0.2, 0.25) is 0 Å². The number of nitrogens with one attached hydrogen (secondary N) is 1. The molecule has 1 aromatic rings. The lowest BCUT2D eigenvalue weighted by atomic mass is 9.89. The van der Waals surface area contributed by atoms with E-state index in [-0.39, 0.29) is 17.6 Å². The molecule has 1 amide bonds. The van der Waals surface area contributed by atoms with E-state index in [2.05, 4.69) is 10.3 Å². The molecular formula is C12H16N2O2. The van der Waals surface area contributed by atoms with Gasteiger partial charge < -0.3 is 10.4 Å². The van der Waals surface area contributed by atoms with E-state index in [1.807, 2.05) is 0 Å². The maximum Gasteiger partial charge on any atom is 0.228 e. The second-order valence-corrected chi connectivity index (χ2v) is 4.23.